The van der Waals surface area contributed by atoms with Crippen LogP contribution < -0.4 is 5.32 Å². The quantitative estimate of drug-likeness (QED) is 0.725. The predicted molar refractivity (Wildman–Crippen MR) is 90.2 cm³/mol. The first-order chi connectivity index (χ1) is 11.4. The Bertz CT molecular complexity index is 732. The zero-order valence-electron chi connectivity index (χ0n) is 14.2. The van der Waals surface area contributed by atoms with Crippen LogP contribution in [0.2, 0.25) is 0 Å². The van der Waals surface area contributed by atoms with Crippen LogP contribution in [0.5, 0.6) is 0 Å². The van der Waals surface area contributed by atoms with Gasteiger partial charge in [0.05, 0.1) is 19.3 Å². The summed E-state index contributed by atoms with van der Waals surface area (Å²) in [6.45, 7) is 6.41. The first-order valence-corrected chi connectivity index (χ1v) is 7.95. The van der Waals surface area contributed by atoms with Crippen molar-refractivity contribution in [3.05, 3.63) is 35.1 Å². The number of carboxylic acids is 1. The number of furan rings is 1. The van der Waals surface area contributed by atoms with Gasteiger partial charge in [0, 0.05) is 17.5 Å². The average Bonchev–Trinajstić information content (AvgIpc) is 2.87. The molecule has 0 atom stereocenters. The third kappa shape index (κ3) is 4.58. The van der Waals surface area contributed by atoms with Gasteiger partial charge in [-0.2, -0.15) is 0 Å². The van der Waals surface area contributed by atoms with Gasteiger partial charge >= 0.3 is 5.97 Å². The molecule has 0 saturated heterocycles. The van der Waals surface area contributed by atoms with Crippen molar-refractivity contribution in [1.29, 1.82) is 0 Å². The molecule has 1 aromatic carbocycles. The highest BCUT2D eigenvalue weighted by Gasteiger charge is 2.13. The molecule has 1 aromatic heterocycles. The average molecular weight is 333 g/mol. The van der Waals surface area contributed by atoms with Gasteiger partial charge in [-0.25, -0.2) is 4.79 Å². The summed E-state index contributed by atoms with van der Waals surface area (Å²) in [5.74, 6) is -0.775. The van der Waals surface area contributed by atoms with E-state index in [2.05, 4.69) is 32.2 Å². The maximum absolute atomic E-state index is 12.0. The van der Waals surface area contributed by atoms with Crippen LogP contribution >= 0.6 is 0 Å². The largest absolute Gasteiger partial charge is 0.480 e. The molecular formula is C18H23NO5. The van der Waals surface area contributed by atoms with E-state index in [-0.39, 0.29) is 32.1 Å². The summed E-state index contributed by atoms with van der Waals surface area (Å²) in [6.07, 6.45) is 1.83. The molecule has 0 spiro atoms. The van der Waals surface area contributed by atoms with Crippen LogP contribution in [-0.2, 0) is 20.7 Å². The molecule has 130 valence electrons. The lowest BCUT2D eigenvalue weighted by Crippen LogP contribution is -2.29. The van der Waals surface area contributed by atoms with Gasteiger partial charge in [-0.05, 0) is 36.1 Å². The molecule has 0 bridgehead atoms. The molecule has 0 unspecified atom stereocenters. The van der Waals surface area contributed by atoms with Crippen LogP contribution in [0.4, 0.5) is 0 Å². The molecule has 0 aliphatic rings. The first kappa shape index (κ1) is 18.0. The van der Waals surface area contributed by atoms with E-state index in [4.69, 9.17) is 14.3 Å². The topological polar surface area (TPSA) is 88.8 Å². The summed E-state index contributed by atoms with van der Waals surface area (Å²) in [5, 5.41) is 12.1. The van der Waals surface area contributed by atoms with Crippen molar-refractivity contribution in [3.63, 3.8) is 0 Å². The summed E-state index contributed by atoms with van der Waals surface area (Å²) in [6, 6.07) is 4.10. The number of fused-ring (bicyclic) bond motifs is 1. The van der Waals surface area contributed by atoms with Crippen molar-refractivity contribution in [1.82, 2.24) is 5.32 Å². The van der Waals surface area contributed by atoms with Gasteiger partial charge in [0.25, 0.3) is 0 Å². The second kappa shape index (κ2) is 7.97. The highest BCUT2D eigenvalue weighted by atomic mass is 16.5. The van der Waals surface area contributed by atoms with Crippen LogP contribution in [0.3, 0.4) is 0 Å². The van der Waals surface area contributed by atoms with Crippen molar-refractivity contribution in [2.75, 3.05) is 19.8 Å². The molecule has 6 heteroatoms. The normalized spacial score (nSPS) is 11.2. The van der Waals surface area contributed by atoms with Gasteiger partial charge in [-0.1, -0.05) is 13.8 Å². The molecule has 2 N–H and O–H groups in total. The number of hydrogen-bond donors (Lipinski definition) is 2. The fraction of sp³-hybridized carbons (Fsp3) is 0.444. The van der Waals surface area contributed by atoms with E-state index in [9.17, 15) is 9.59 Å². The van der Waals surface area contributed by atoms with Crippen LogP contribution in [0, 0.1) is 6.92 Å². The number of benzene rings is 1. The summed E-state index contributed by atoms with van der Waals surface area (Å²) in [4.78, 5) is 22.3. The third-order valence-electron chi connectivity index (χ3n) is 3.81. The Kier molecular flexibility index (Phi) is 5.98. The van der Waals surface area contributed by atoms with E-state index in [0.29, 0.717) is 5.92 Å². The van der Waals surface area contributed by atoms with Crippen molar-refractivity contribution in [2.24, 2.45) is 0 Å². The number of rotatable bonds is 8. The van der Waals surface area contributed by atoms with Gasteiger partial charge in [0.15, 0.2) is 0 Å². The highest BCUT2D eigenvalue weighted by Crippen LogP contribution is 2.29. The van der Waals surface area contributed by atoms with E-state index >= 15 is 0 Å². The molecule has 24 heavy (non-hydrogen) atoms. The fourth-order valence-corrected chi connectivity index (χ4v) is 2.66. The van der Waals surface area contributed by atoms with E-state index in [0.717, 1.165) is 16.5 Å². The zero-order chi connectivity index (χ0) is 17.7. The Balaban J connectivity index is 1.98. The predicted octanol–water partition coefficient (Wildman–Crippen LogP) is 2.62. The van der Waals surface area contributed by atoms with Gasteiger partial charge in [-0.3, -0.25) is 4.79 Å². The summed E-state index contributed by atoms with van der Waals surface area (Å²) in [7, 11) is 0. The zero-order valence-corrected chi connectivity index (χ0v) is 14.2. The molecule has 1 amide bonds. The number of carbonyl (C=O) groups is 2. The molecule has 1 heterocycles. The van der Waals surface area contributed by atoms with Gasteiger partial charge in [0.1, 0.15) is 12.2 Å². The lowest BCUT2D eigenvalue weighted by atomic mass is 9.95. The molecular weight excluding hydrogens is 310 g/mol. The lowest BCUT2D eigenvalue weighted by Gasteiger charge is -2.10. The maximum Gasteiger partial charge on any atom is 0.329 e. The molecule has 0 aliphatic carbocycles. The number of carboxylic acid groups (broad SMARTS) is 1. The molecule has 6 nitrogen and oxygen atoms in total. The van der Waals surface area contributed by atoms with Crippen LogP contribution in [0.25, 0.3) is 11.0 Å². The first-order valence-electron chi connectivity index (χ1n) is 7.95. The van der Waals surface area contributed by atoms with Crippen molar-refractivity contribution in [2.45, 2.75) is 33.1 Å². The van der Waals surface area contributed by atoms with Crippen LogP contribution in [-0.4, -0.2) is 36.7 Å². The molecule has 0 fully saturated rings. The molecule has 2 aromatic rings. The summed E-state index contributed by atoms with van der Waals surface area (Å²) in [5.41, 5.74) is 4.05. The van der Waals surface area contributed by atoms with Crippen molar-refractivity contribution in [3.8, 4) is 0 Å². The fourth-order valence-electron chi connectivity index (χ4n) is 2.66. The second-order valence-corrected chi connectivity index (χ2v) is 6.09. The Hall–Kier alpha value is -2.34. The van der Waals surface area contributed by atoms with Crippen LogP contribution in [0.15, 0.2) is 22.8 Å². The smallest absolute Gasteiger partial charge is 0.329 e. The van der Waals surface area contributed by atoms with E-state index in [1.165, 1.54) is 11.1 Å². The molecule has 0 aliphatic heterocycles. The van der Waals surface area contributed by atoms with Crippen molar-refractivity contribution >= 4 is 22.8 Å². The number of hydrogen-bond acceptors (Lipinski definition) is 4. The van der Waals surface area contributed by atoms with Gasteiger partial charge < -0.3 is 19.6 Å². The number of nitrogens with one attached hydrogen (secondary N) is 1. The SMILES string of the molecule is Cc1cc2occ(CC(=O)NCCOCC(=O)O)c2cc1C(C)C. The number of aryl methyl sites for hydroxylation is 1. The van der Waals surface area contributed by atoms with E-state index < -0.39 is 5.97 Å². The number of amides is 1. The van der Waals surface area contributed by atoms with Gasteiger partial charge in [-0.15, -0.1) is 0 Å². The van der Waals surface area contributed by atoms with Gasteiger partial charge in [0.2, 0.25) is 5.91 Å². The standard InChI is InChI=1S/C18H23NO5/c1-11(2)14-8-15-13(9-24-16(15)6-12(14)3)7-17(20)19-4-5-23-10-18(21)22/h6,8-9,11H,4-5,7,10H2,1-3H3,(H,19,20)(H,21,22). The maximum atomic E-state index is 12.0. The number of ether oxygens (including phenoxy) is 1. The Morgan fingerprint density at radius 2 is 2.08 bits per heavy atom. The van der Waals surface area contributed by atoms with Crippen LogP contribution in [0.1, 0.15) is 36.5 Å². The molecule has 0 saturated carbocycles. The minimum absolute atomic E-state index is 0.150. The Morgan fingerprint density at radius 1 is 1.33 bits per heavy atom. The Labute approximate surface area is 140 Å². The number of aliphatic carboxylic acids is 1. The van der Waals surface area contributed by atoms with Crippen molar-refractivity contribution < 1.29 is 23.8 Å². The molecule has 2 rings (SSSR count). The second-order valence-electron chi connectivity index (χ2n) is 6.09. The monoisotopic (exact) mass is 333 g/mol. The minimum Gasteiger partial charge on any atom is -0.480 e. The highest BCUT2D eigenvalue weighted by molar-refractivity contribution is 5.88. The summed E-state index contributed by atoms with van der Waals surface area (Å²) >= 11 is 0. The lowest BCUT2D eigenvalue weighted by molar-refractivity contribution is -0.142. The van der Waals surface area contributed by atoms with E-state index in [1.807, 2.05) is 6.07 Å². The summed E-state index contributed by atoms with van der Waals surface area (Å²) < 4.78 is 10.4. The minimum atomic E-state index is -1.03. The van der Waals surface area contributed by atoms with E-state index in [1.54, 1.807) is 6.26 Å². The Morgan fingerprint density at radius 3 is 2.75 bits per heavy atom. The third-order valence-corrected chi connectivity index (χ3v) is 3.81. The molecule has 0 radical (unpaired) electrons. The number of carbonyl (C=O) groups excluding carboxylic acids is 1.